The van der Waals surface area contributed by atoms with Gasteiger partial charge in [-0.3, -0.25) is 9.59 Å². The molecular formula is C25H37NO8. The molecule has 1 amide bonds. The highest BCUT2D eigenvalue weighted by Gasteiger charge is 2.09. The van der Waals surface area contributed by atoms with Gasteiger partial charge in [-0.1, -0.05) is 32.1 Å². The molecule has 0 aliphatic heterocycles. The Morgan fingerprint density at radius 3 is 2.41 bits per heavy atom. The minimum Gasteiger partial charge on any atom is -0.490 e. The van der Waals surface area contributed by atoms with Gasteiger partial charge in [0, 0.05) is 19.4 Å². The number of nitrogens with one attached hydrogen (secondary N) is 1. The van der Waals surface area contributed by atoms with Crippen LogP contribution in [0.4, 0.5) is 0 Å². The molecule has 1 aromatic rings. The molecule has 0 saturated carbocycles. The van der Waals surface area contributed by atoms with E-state index in [1.807, 2.05) is 0 Å². The van der Waals surface area contributed by atoms with E-state index in [4.69, 9.17) is 24.4 Å². The quantitative estimate of drug-likeness (QED) is 0.202. The zero-order valence-electron chi connectivity index (χ0n) is 20.1. The van der Waals surface area contributed by atoms with E-state index in [1.54, 1.807) is 18.2 Å². The molecule has 0 fully saturated rings. The molecule has 0 aromatic heterocycles. The van der Waals surface area contributed by atoms with E-state index in [2.05, 4.69) is 31.3 Å². The molecule has 9 nitrogen and oxygen atoms in total. The van der Waals surface area contributed by atoms with Crippen LogP contribution in [0.2, 0.25) is 0 Å². The van der Waals surface area contributed by atoms with E-state index in [-0.39, 0.29) is 32.1 Å². The van der Waals surface area contributed by atoms with E-state index < -0.39 is 18.5 Å². The monoisotopic (exact) mass is 479 g/mol. The fourth-order valence-electron chi connectivity index (χ4n) is 2.88. The van der Waals surface area contributed by atoms with E-state index in [1.165, 1.54) is 0 Å². The Hall–Kier alpha value is -3.07. The van der Waals surface area contributed by atoms with Gasteiger partial charge in [0.25, 0.3) is 0 Å². The van der Waals surface area contributed by atoms with Crippen LogP contribution >= 0.6 is 0 Å². The number of unbranched alkanes of at least 4 members (excludes halogenated alkanes) is 2. The lowest BCUT2D eigenvalue weighted by Gasteiger charge is -2.14. The van der Waals surface area contributed by atoms with Crippen molar-refractivity contribution in [2.75, 3.05) is 26.4 Å². The number of allylic oxidation sites excluding steroid dienone is 2. The molecule has 0 bridgehead atoms. The maximum absolute atomic E-state index is 12.1. The van der Waals surface area contributed by atoms with Crippen LogP contribution in [0.25, 0.3) is 0 Å². The van der Waals surface area contributed by atoms with Crippen LogP contribution in [-0.4, -0.2) is 54.5 Å². The average molecular weight is 480 g/mol. The Kier molecular flexibility index (Phi) is 14.8. The zero-order chi connectivity index (χ0) is 25.2. The third-order valence-corrected chi connectivity index (χ3v) is 4.55. The summed E-state index contributed by atoms with van der Waals surface area (Å²) >= 11 is 0. The van der Waals surface area contributed by atoms with Gasteiger partial charge >= 0.3 is 11.9 Å². The topological polar surface area (TPSA) is 131 Å². The van der Waals surface area contributed by atoms with Gasteiger partial charge in [-0.05, 0) is 49.3 Å². The van der Waals surface area contributed by atoms with Crippen molar-refractivity contribution in [2.45, 2.75) is 58.9 Å². The second kappa shape index (κ2) is 17.4. The minimum atomic E-state index is -1.06. The molecule has 1 aromatic carbocycles. The normalized spacial score (nSPS) is 11.0. The number of ether oxygens (including phenoxy) is 3. The lowest BCUT2D eigenvalue weighted by atomic mass is 10.1. The Morgan fingerprint density at radius 2 is 1.71 bits per heavy atom. The standard InChI is InChI=1S/C25H37NO8/c1-19(2)8-5-3-4-6-9-23(27)26-17-20-11-12-21(34-15-14-32-18-25(30)31)22(16-20)33-13-7-10-24(28)29/h5,8,11-12,16,19H,3-4,6-7,9-10,13-15,17-18H2,1-2H3,(H,26,27)(H,28,29)(H,30,31)/b8-5+. The molecule has 0 saturated heterocycles. The Bertz CT molecular complexity index is 791. The molecule has 0 unspecified atom stereocenters. The number of rotatable bonds is 19. The van der Waals surface area contributed by atoms with Crippen LogP contribution in [0.1, 0.15) is 57.9 Å². The number of hydrogen-bond donors (Lipinski definition) is 3. The number of carboxylic acids is 2. The largest absolute Gasteiger partial charge is 0.490 e. The van der Waals surface area contributed by atoms with Gasteiger partial charge in [0.15, 0.2) is 11.5 Å². The molecule has 0 atom stereocenters. The zero-order valence-corrected chi connectivity index (χ0v) is 20.1. The second-order valence-electron chi connectivity index (χ2n) is 8.12. The highest BCUT2D eigenvalue weighted by Crippen LogP contribution is 2.29. The molecule has 1 rings (SSSR count). The SMILES string of the molecule is CC(C)/C=C/CCCCC(=O)NCc1ccc(OCCOCC(=O)O)c(OCCCC(=O)O)c1. The predicted molar refractivity (Wildman–Crippen MR) is 127 cm³/mol. The van der Waals surface area contributed by atoms with Crippen LogP contribution in [0, 0.1) is 5.92 Å². The number of benzene rings is 1. The van der Waals surface area contributed by atoms with Gasteiger partial charge in [0.1, 0.15) is 13.2 Å². The Balaban J connectivity index is 2.54. The molecule has 0 spiro atoms. The van der Waals surface area contributed by atoms with Gasteiger partial charge in [-0.25, -0.2) is 4.79 Å². The van der Waals surface area contributed by atoms with Crippen molar-refractivity contribution in [1.29, 1.82) is 0 Å². The van der Waals surface area contributed by atoms with Crippen molar-refractivity contribution in [3.05, 3.63) is 35.9 Å². The number of amides is 1. The predicted octanol–water partition coefficient (Wildman–Crippen LogP) is 3.80. The third-order valence-electron chi connectivity index (χ3n) is 4.55. The maximum atomic E-state index is 12.1. The summed E-state index contributed by atoms with van der Waals surface area (Å²) in [4.78, 5) is 33.3. The molecule has 34 heavy (non-hydrogen) atoms. The fraction of sp³-hybridized carbons (Fsp3) is 0.560. The van der Waals surface area contributed by atoms with Gasteiger partial charge in [-0.15, -0.1) is 0 Å². The van der Waals surface area contributed by atoms with Gasteiger partial charge in [0.05, 0.1) is 13.2 Å². The van der Waals surface area contributed by atoms with Crippen molar-refractivity contribution >= 4 is 17.8 Å². The summed E-state index contributed by atoms with van der Waals surface area (Å²) in [5, 5.41) is 20.3. The first kappa shape index (κ1) is 29.0. The minimum absolute atomic E-state index is 0.0117. The van der Waals surface area contributed by atoms with Gasteiger partial charge in [0.2, 0.25) is 5.91 Å². The first-order valence-electron chi connectivity index (χ1n) is 11.6. The molecule has 190 valence electrons. The van der Waals surface area contributed by atoms with E-state index in [0.29, 0.717) is 36.8 Å². The van der Waals surface area contributed by atoms with E-state index >= 15 is 0 Å². The molecular weight excluding hydrogens is 442 g/mol. The van der Waals surface area contributed by atoms with Gasteiger partial charge < -0.3 is 29.7 Å². The lowest BCUT2D eigenvalue weighted by molar-refractivity contribution is -0.142. The summed E-state index contributed by atoms with van der Waals surface area (Å²) < 4.78 is 16.3. The summed E-state index contributed by atoms with van der Waals surface area (Å²) in [5.74, 6) is -0.588. The van der Waals surface area contributed by atoms with E-state index in [0.717, 1.165) is 24.8 Å². The second-order valence-corrected chi connectivity index (χ2v) is 8.12. The third kappa shape index (κ3) is 14.9. The van der Waals surface area contributed by atoms with Crippen LogP contribution in [0.15, 0.2) is 30.4 Å². The van der Waals surface area contributed by atoms with Crippen LogP contribution < -0.4 is 14.8 Å². The molecule has 9 heteroatoms. The molecule has 0 radical (unpaired) electrons. The number of carboxylic acid groups (broad SMARTS) is 2. The van der Waals surface area contributed by atoms with Crippen molar-refractivity contribution < 1.29 is 38.8 Å². The van der Waals surface area contributed by atoms with Crippen molar-refractivity contribution in [2.24, 2.45) is 5.92 Å². The lowest BCUT2D eigenvalue weighted by Crippen LogP contribution is -2.22. The van der Waals surface area contributed by atoms with Crippen LogP contribution in [0.3, 0.4) is 0 Å². The van der Waals surface area contributed by atoms with Crippen molar-refractivity contribution in [3.63, 3.8) is 0 Å². The summed E-state index contributed by atoms with van der Waals surface area (Å²) in [6.45, 7) is 4.60. The highest BCUT2D eigenvalue weighted by molar-refractivity contribution is 5.75. The van der Waals surface area contributed by atoms with Crippen LogP contribution in [0.5, 0.6) is 11.5 Å². The smallest absolute Gasteiger partial charge is 0.329 e. The summed E-state index contributed by atoms with van der Waals surface area (Å²) in [6.07, 6.45) is 7.87. The number of aliphatic carboxylic acids is 2. The number of hydrogen-bond acceptors (Lipinski definition) is 6. The molecule has 0 aliphatic rings. The van der Waals surface area contributed by atoms with Crippen molar-refractivity contribution in [1.82, 2.24) is 5.32 Å². The van der Waals surface area contributed by atoms with E-state index in [9.17, 15) is 14.4 Å². The van der Waals surface area contributed by atoms with Crippen LogP contribution in [-0.2, 0) is 25.7 Å². The molecule has 0 aliphatic carbocycles. The summed E-state index contributed by atoms with van der Waals surface area (Å²) in [6, 6.07) is 5.24. The average Bonchev–Trinajstić information content (AvgIpc) is 2.77. The Morgan fingerprint density at radius 1 is 0.941 bits per heavy atom. The first-order valence-corrected chi connectivity index (χ1v) is 11.6. The maximum Gasteiger partial charge on any atom is 0.329 e. The fourth-order valence-corrected chi connectivity index (χ4v) is 2.88. The van der Waals surface area contributed by atoms with Gasteiger partial charge in [-0.2, -0.15) is 0 Å². The molecule has 3 N–H and O–H groups in total. The Labute approximate surface area is 201 Å². The summed E-state index contributed by atoms with van der Waals surface area (Å²) in [5.41, 5.74) is 0.816. The molecule has 0 heterocycles. The van der Waals surface area contributed by atoms with Crippen molar-refractivity contribution in [3.8, 4) is 11.5 Å². The number of carbonyl (C=O) groups excluding carboxylic acids is 1. The highest BCUT2D eigenvalue weighted by atomic mass is 16.5. The first-order chi connectivity index (χ1) is 16.3. The number of carbonyl (C=O) groups is 3. The summed E-state index contributed by atoms with van der Waals surface area (Å²) in [7, 11) is 0.